The number of urea groups is 1. The molecule has 0 aliphatic heterocycles. The summed E-state index contributed by atoms with van der Waals surface area (Å²) in [5.41, 5.74) is 3.96. The number of hydrogen-bond donors (Lipinski definition) is 1. The average molecular weight is 435 g/mol. The largest absolute Gasteiger partial charge is 0.497 e. The molecule has 6 nitrogen and oxygen atoms in total. The molecule has 0 fully saturated rings. The van der Waals surface area contributed by atoms with Gasteiger partial charge in [-0.05, 0) is 66.4 Å². The SMILES string of the molecule is COc1ccc(CN(CCc2ccc(OC)c(OC)c2)C(=O)Nc2cccc(C)c2)cc1. The highest BCUT2D eigenvalue weighted by atomic mass is 16.5. The Kier molecular flexibility index (Phi) is 7.97. The van der Waals surface area contributed by atoms with Crippen LogP contribution in [0.2, 0.25) is 0 Å². The van der Waals surface area contributed by atoms with Gasteiger partial charge in [0.25, 0.3) is 0 Å². The minimum absolute atomic E-state index is 0.146. The Bertz CT molecular complexity index is 1030. The molecule has 3 aromatic carbocycles. The molecule has 0 aromatic heterocycles. The van der Waals surface area contributed by atoms with E-state index in [1.807, 2.05) is 73.7 Å². The van der Waals surface area contributed by atoms with E-state index in [4.69, 9.17) is 14.2 Å². The Hall–Kier alpha value is -3.67. The first kappa shape index (κ1) is 23.0. The molecule has 32 heavy (non-hydrogen) atoms. The van der Waals surface area contributed by atoms with Crippen LogP contribution < -0.4 is 19.5 Å². The molecular weight excluding hydrogens is 404 g/mol. The number of nitrogens with zero attached hydrogens (tertiary/aromatic N) is 1. The molecule has 0 spiro atoms. The van der Waals surface area contributed by atoms with Crippen LogP contribution in [-0.4, -0.2) is 38.8 Å². The van der Waals surface area contributed by atoms with E-state index in [9.17, 15) is 4.79 Å². The highest BCUT2D eigenvalue weighted by molar-refractivity contribution is 5.89. The maximum Gasteiger partial charge on any atom is 0.322 e. The molecule has 3 aromatic rings. The summed E-state index contributed by atoms with van der Waals surface area (Å²) in [4.78, 5) is 14.9. The third-order valence-corrected chi connectivity index (χ3v) is 5.21. The van der Waals surface area contributed by atoms with Crippen molar-refractivity contribution >= 4 is 11.7 Å². The van der Waals surface area contributed by atoms with E-state index in [1.165, 1.54) is 0 Å². The summed E-state index contributed by atoms with van der Waals surface area (Å²) < 4.78 is 16.0. The van der Waals surface area contributed by atoms with Gasteiger partial charge in [-0.25, -0.2) is 4.79 Å². The zero-order chi connectivity index (χ0) is 22.9. The van der Waals surface area contributed by atoms with Crippen molar-refractivity contribution in [3.05, 3.63) is 83.4 Å². The summed E-state index contributed by atoms with van der Waals surface area (Å²) in [5, 5.41) is 3.02. The predicted octanol–water partition coefficient (Wildman–Crippen LogP) is 5.30. The molecular formula is C26H30N2O4. The topological polar surface area (TPSA) is 60.0 Å². The predicted molar refractivity (Wildman–Crippen MR) is 127 cm³/mol. The monoisotopic (exact) mass is 434 g/mol. The second-order valence-electron chi connectivity index (χ2n) is 7.51. The number of ether oxygens (including phenoxy) is 3. The first-order valence-corrected chi connectivity index (χ1v) is 10.5. The van der Waals surface area contributed by atoms with Crippen LogP contribution in [0.15, 0.2) is 66.7 Å². The van der Waals surface area contributed by atoms with Crippen LogP contribution in [0.4, 0.5) is 10.5 Å². The molecule has 0 atom stereocenters. The van der Waals surface area contributed by atoms with Crippen LogP contribution in [0.5, 0.6) is 17.2 Å². The number of anilines is 1. The summed E-state index contributed by atoms with van der Waals surface area (Å²) in [7, 11) is 4.87. The molecule has 0 saturated carbocycles. The van der Waals surface area contributed by atoms with E-state index in [-0.39, 0.29) is 6.03 Å². The van der Waals surface area contributed by atoms with E-state index in [0.717, 1.165) is 28.1 Å². The number of amides is 2. The third kappa shape index (κ3) is 6.17. The van der Waals surface area contributed by atoms with Crippen molar-refractivity contribution in [3.63, 3.8) is 0 Å². The molecule has 0 aliphatic carbocycles. The molecule has 0 unspecified atom stereocenters. The van der Waals surface area contributed by atoms with Crippen molar-refractivity contribution in [2.75, 3.05) is 33.2 Å². The van der Waals surface area contributed by atoms with Gasteiger partial charge in [0.1, 0.15) is 5.75 Å². The van der Waals surface area contributed by atoms with Crippen LogP contribution in [0.25, 0.3) is 0 Å². The zero-order valence-electron chi connectivity index (χ0n) is 19.1. The summed E-state index contributed by atoms with van der Waals surface area (Å²) in [6, 6.07) is 21.2. The van der Waals surface area contributed by atoms with Crippen LogP contribution >= 0.6 is 0 Å². The summed E-state index contributed by atoms with van der Waals surface area (Å²) in [6.07, 6.45) is 0.678. The molecule has 168 valence electrons. The van der Waals surface area contributed by atoms with Gasteiger partial charge in [0.15, 0.2) is 11.5 Å². The molecule has 0 radical (unpaired) electrons. The molecule has 0 heterocycles. The van der Waals surface area contributed by atoms with Crippen LogP contribution in [0, 0.1) is 6.92 Å². The fourth-order valence-electron chi connectivity index (χ4n) is 3.43. The van der Waals surface area contributed by atoms with Gasteiger partial charge < -0.3 is 24.4 Å². The van der Waals surface area contributed by atoms with E-state index >= 15 is 0 Å². The zero-order valence-corrected chi connectivity index (χ0v) is 19.1. The molecule has 0 bridgehead atoms. The second kappa shape index (κ2) is 11.1. The van der Waals surface area contributed by atoms with Crippen molar-refractivity contribution in [1.29, 1.82) is 0 Å². The standard InChI is InChI=1S/C26H30N2O4/c1-19-6-5-7-22(16-19)27-26(29)28(18-21-8-11-23(30-2)12-9-21)15-14-20-10-13-24(31-3)25(17-20)32-4/h5-13,16-17H,14-15,18H2,1-4H3,(H,27,29). The lowest BCUT2D eigenvalue weighted by atomic mass is 10.1. The van der Waals surface area contributed by atoms with E-state index in [1.54, 1.807) is 26.2 Å². The Morgan fingerprint density at radius 3 is 2.22 bits per heavy atom. The smallest absolute Gasteiger partial charge is 0.322 e. The van der Waals surface area contributed by atoms with Gasteiger partial charge in [0.05, 0.1) is 21.3 Å². The first-order chi connectivity index (χ1) is 15.5. The maximum absolute atomic E-state index is 13.1. The molecule has 3 rings (SSSR count). The number of hydrogen-bond acceptors (Lipinski definition) is 4. The number of benzene rings is 3. The number of aryl methyl sites for hydroxylation is 1. The number of nitrogens with one attached hydrogen (secondary N) is 1. The average Bonchev–Trinajstić information content (AvgIpc) is 2.81. The summed E-state index contributed by atoms with van der Waals surface area (Å²) in [6.45, 7) is 3.02. The third-order valence-electron chi connectivity index (χ3n) is 5.21. The van der Waals surface area contributed by atoms with Gasteiger partial charge >= 0.3 is 6.03 Å². The first-order valence-electron chi connectivity index (χ1n) is 10.5. The van der Waals surface area contributed by atoms with Crippen molar-refractivity contribution < 1.29 is 19.0 Å². The van der Waals surface area contributed by atoms with Crippen molar-refractivity contribution in [2.45, 2.75) is 19.9 Å². The van der Waals surface area contributed by atoms with Gasteiger partial charge in [-0.2, -0.15) is 0 Å². The summed E-state index contributed by atoms with van der Waals surface area (Å²) in [5.74, 6) is 2.15. The number of methoxy groups -OCH3 is 3. The van der Waals surface area contributed by atoms with E-state index in [2.05, 4.69) is 5.32 Å². The molecule has 1 N–H and O–H groups in total. The Morgan fingerprint density at radius 2 is 1.56 bits per heavy atom. The number of carbonyl (C=O) groups is 1. The van der Waals surface area contributed by atoms with Gasteiger partial charge in [-0.3, -0.25) is 0 Å². The Labute approximate surface area is 189 Å². The highest BCUT2D eigenvalue weighted by Crippen LogP contribution is 2.28. The van der Waals surface area contributed by atoms with Crippen molar-refractivity contribution in [3.8, 4) is 17.2 Å². The van der Waals surface area contributed by atoms with Crippen molar-refractivity contribution in [2.24, 2.45) is 0 Å². The van der Waals surface area contributed by atoms with Gasteiger partial charge in [-0.15, -0.1) is 0 Å². The van der Waals surface area contributed by atoms with Crippen LogP contribution in [-0.2, 0) is 13.0 Å². The lowest BCUT2D eigenvalue weighted by Crippen LogP contribution is -2.36. The van der Waals surface area contributed by atoms with E-state index in [0.29, 0.717) is 31.0 Å². The lowest BCUT2D eigenvalue weighted by molar-refractivity contribution is 0.210. The Morgan fingerprint density at radius 1 is 0.844 bits per heavy atom. The fourth-order valence-corrected chi connectivity index (χ4v) is 3.43. The van der Waals surface area contributed by atoms with Crippen LogP contribution in [0.3, 0.4) is 0 Å². The van der Waals surface area contributed by atoms with Gasteiger partial charge in [0.2, 0.25) is 0 Å². The minimum Gasteiger partial charge on any atom is -0.497 e. The molecule has 0 aliphatic rings. The van der Waals surface area contributed by atoms with E-state index < -0.39 is 0 Å². The van der Waals surface area contributed by atoms with Gasteiger partial charge in [0, 0.05) is 18.8 Å². The Balaban J connectivity index is 1.76. The summed E-state index contributed by atoms with van der Waals surface area (Å²) >= 11 is 0. The number of carbonyl (C=O) groups excluding carboxylic acids is 1. The lowest BCUT2D eigenvalue weighted by Gasteiger charge is -2.24. The fraction of sp³-hybridized carbons (Fsp3) is 0.269. The number of rotatable bonds is 9. The molecule has 6 heteroatoms. The minimum atomic E-state index is -0.146. The van der Waals surface area contributed by atoms with Crippen LogP contribution in [0.1, 0.15) is 16.7 Å². The maximum atomic E-state index is 13.1. The molecule has 2 amide bonds. The van der Waals surface area contributed by atoms with Crippen molar-refractivity contribution in [1.82, 2.24) is 4.90 Å². The van der Waals surface area contributed by atoms with Gasteiger partial charge in [-0.1, -0.05) is 30.3 Å². The second-order valence-corrected chi connectivity index (χ2v) is 7.51. The highest BCUT2D eigenvalue weighted by Gasteiger charge is 2.15. The quantitative estimate of drug-likeness (QED) is 0.497. The normalized spacial score (nSPS) is 10.4. The molecule has 0 saturated heterocycles.